The molecule has 0 spiro atoms. The van der Waals surface area contributed by atoms with Crippen LogP contribution in [-0.4, -0.2) is 10.9 Å². The van der Waals surface area contributed by atoms with Crippen LogP contribution in [-0.2, 0) is 5.41 Å². The van der Waals surface area contributed by atoms with Crippen LogP contribution in [0.1, 0.15) is 37.0 Å². The predicted octanol–water partition coefficient (Wildman–Crippen LogP) is 4.22. The molecule has 0 aliphatic heterocycles. The zero-order chi connectivity index (χ0) is 15.9. The van der Waals surface area contributed by atoms with Crippen molar-refractivity contribution in [3.8, 4) is 17.2 Å². The van der Waals surface area contributed by atoms with E-state index in [0.29, 0.717) is 23.3 Å². The van der Waals surface area contributed by atoms with Crippen molar-refractivity contribution in [1.82, 2.24) is 0 Å². The number of hydrogen-bond donors (Lipinski definition) is 1. The lowest BCUT2D eigenvalue weighted by Crippen LogP contribution is -2.12. The highest BCUT2D eigenvalue weighted by Gasteiger charge is 2.34. The number of nitriles is 1. The molecule has 1 N–H and O–H groups in total. The first-order valence-electron chi connectivity index (χ1n) is 7.01. The van der Waals surface area contributed by atoms with Crippen LogP contribution in [0.3, 0.4) is 0 Å². The highest BCUT2D eigenvalue weighted by molar-refractivity contribution is 6.06. The van der Waals surface area contributed by atoms with Crippen molar-refractivity contribution in [2.75, 3.05) is 0 Å². The first-order chi connectivity index (χ1) is 10.4. The van der Waals surface area contributed by atoms with Crippen molar-refractivity contribution < 1.29 is 9.60 Å². The van der Waals surface area contributed by atoms with Crippen molar-refractivity contribution in [2.45, 2.75) is 25.7 Å². The first-order valence-corrected chi connectivity index (χ1v) is 7.01. The summed E-state index contributed by atoms with van der Waals surface area (Å²) in [5.74, 6) is -0.425. The second-order valence-corrected chi connectivity index (χ2v) is 6.21. The monoisotopic (exact) mass is 294 g/mol. The second kappa shape index (κ2) is 4.96. The van der Waals surface area contributed by atoms with Gasteiger partial charge >= 0.3 is 0 Å². The van der Waals surface area contributed by atoms with E-state index >= 15 is 0 Å². The van der Waals surface area contributed by atoms with Gasteiger partial charge in [0.2, 0.25) is 0 Å². The maximum absolute atomic E-state index is 13.6. The molecule has 0 saturated heterocycles. The molecule has 2 aromatic rings. The van der Waals surface area contributed by atoms with Crippen LogP contribution in [0.2, 0.25) is 0 Å². The third-order valence-corrected chi connectivity index (χ3v) is 4.15. The van der Waals surface area contributed by atoms with E-state index in [1.165, 1.54) is 12.1 Å². The number of nitrogens with zero attached hydrogens (tertiary/aromatic N) is 2. The smallest absolute Gasteiger partial charge is 0.125 e. The Morgan fingerprint density at radius 3 is 2.64 bits per heavy atom. The van der Waals surface area contributed by atoms with E-state index in [0.717, 1.165) is 16.7 Å². The SMILES string of the molecule is CC1(C)CC(=NO)c2ccc(-c3cc(F)cc(C#N)c3)cc21. The van der Waals surface area contributed by atoms with Gasteiger partial charge < -0.3 is 5.21 Å². The highest BCUT2D eigenvalue weighted by Crippen LogP contribution is 2.40. The van der Waals surface area contributed by atoms with Crippen LogP contribution in [0.25, 0.3) is 11.1 Å². The number of oxime groups is 1. The summed E-state index contributed by atoms with van der Waals surface area (Å²) in [6, 6.07) is 12.0. The van der Waals surface area contributed by atoms with Gasteiger partial charge in [0, 0.05) is 12.0 Å². The van der Waals surface area contributed by atoms with E-state index in [1.54, 1.807) is 6.07 Å². The van der Waals surface area contributed by atoms with E-state index in [4.69, 9.17) is 10.5 Å². The Balaban J connectivity index is 2.17. The summed E-state index contributed by atoms with van der Waals surface area (Å²) in [5.41, 5.74) is 4.34. The minimum absolute atomic E-state index is 0.141. The van der Waals surface area contributed by atoms with Crippen molar-refractivity contribution in [3.05, 3.63) is 58.9 Å². The molecule has 3 rings (SSSR count). The van der Waals surface area contributed by atoms with Gasteiger partial charge in [0.25, 0.3) is 0 Å². The number of hydrogen-bond acceptors (Lipinski definition) is 3. The zero-order valence-corrected chi connectivity index (χ0v) is 12.4. The summed E-state index contributed by atoms with van der Waals surface area (Å²) < 4.78 is 13.6. The van der Waals surface area contributed by atoms with Gasteiger partial charge in [0.05, 0.1) is 17.3 Å². The molecular weight excluding hydrogens is 279 g/mol. The molecule has 1 aliphatic carbocycles. The minimum Gasteiger partial charge on any atom is -0.411 e. The first kappa shape index (κ1) is 14.3. The number of benzene rings is 2. The van der Waals surface area contributed by atoms with Crippen LogP contribution in [0, 0.1) is 17.1 Å². The lowest BCUT2D eigenvalue weighted by molar-refractivity contribution is 0.317. The van der Waals surface area contributed by atoms with Crippen LogP contribution in [0.15, 0.2) is 41.6 Å². The summed E-state index contributed by atoms with van der Waals surface area (Å²) in [4.78, 5) is 0. The molecule has 4 heteroatoms. The average Bonchev–Trinajstić information content (AvgIpc) is 2.77. The average molecular weight is 294 g/mol. The largest absolute Gasteiger partial charge is 0.411 e. The molecule has 0 radical (unpaired) electrons. The van der Waals surface area contributed by atoms with Crippen molar-refractivity contribution in [3.63, 3.8) is 0 Å². The summed E-state index contributed by atoms with van der Waals surface area (Å²) >= 11 is 0. The molecule has 3 nitrogen and oxygen atoms in total. The van der Waals surface area contributed by atoms with Gasteiger partial charge in [-0.05, 0) is 46.4 Å². The zero-order valence-electron chi connectivity index (χ0n) is 12.4. The molecule has 0 unspecified atom stereocenters. The van der Waals surface area contributed by atoms with Crippen LogP contribution < -0.4 is 0 Å². The molecule has 0 heterocycles. The van der Waals surface area contributed by atoms with Crippen LogP contribution in [0.4, 0.5) is 4.39 Å². The molecule has 2 aromatic carbocycles. The van der Waals surface area contributed by atoms with E-state index in [9.17, 15) is 4.39 Å². The number of halogens is 1. The van der Waals surface area contributed by atoms with E-state index in [-0.39, 0.29) is 5.41 Å². The third-order valence-electron chi connectivity index (χ3n) is 4.15. The summed E-state index contributed by atoms with van der Waals surface area (Å²) in [6.45, 7) is 4.17. The molecular formula is C18H15FN2O. The van der Waals surface area contributed by atoms with Crippen molar-refractivity contribution in [2.24, 2.45) is 5.16 Å². The molecule has 0 fully saturated rings. The van der Waals surface area contributed by atoms with Gasteiger partial charge in [-0.25, -0.2) is 4.39 Å². The van der Waals surface area contributed by atoms with Crippen LogP contribution in [0.5, 0.6) is 0 Å². The second-order valence-electron chi connectivity index (χ2n) is 6.21. The summed E-state index contributed by atoms with van der Waals surface area (Å²) in [7, 11) is 0. The predicted molar refractivity (Wildman–Crippen MR) is 82.5 cm³/mol. The molecule has 0 aromatic heterocycles. The lowest BCUT2D eigenvalue weighted by Gasteiger charge is -2.18. The molecule has 1 aliphatic rings. The molecule has 22 heavy (non-hydrogen) atoms. The maximum atomic E-state index is 13.6. The number of fused-ring (bicyclic) bond motifs is 1. The topological polar surface area (TPSA) is 56.4 Å². The molecule has 0 atom stereocenters. The van der Waals surface area contributed by atoms with Gasteiger partial charge in [-0.15, -0.1) is 0 Å². The molecule has 0 amide bonds. The Labute approximate surface area is 128 Å². The fourth-order valence-corrected chi connectivity index (χ4v) is 3.05. The van der Waals surface area contributed by atoms with Gasteiger partial charge in [0.15, 0.2) is 0 Å². The van der Waals surface area contributed by atoms with Crippen LogP contribution >= 0.6 is 0 Å². The van der Waals surface area contributed by atoms with Crippen molar-refractivity contribution in [1.29, 1.82) is 5.26 Å². The maximum Gasteiger partial charge on any atom is 0.125 e. The highest BCUT2D eigenvalue weighted by atomic mass is 19.1. The van der Waals surface area contributed by atoms with E-state index in [2.05, 4.69) is 19.0 Å². The molecule has 0 bridgehead atoms. The Bertz CT molecular complexity index is 831. The third kappa shape index (κ3) is 2.25. The molecule has 110 valence electrons. The van der Waals surface area contributed by atoms with Gasteiger partial charge in [-0.2, -0.15) is 5.26 Å². The summed E-state index contributed by atoms with van der Waals surface area (Å²) in [6.07, 6.45) is 0.662. The Hall–Kier alpha value is -2.67. The number of rotatable bonds is 1. The Morgan fingerprint density at radius 1 is 1.18 bits per heavy atom. The normalized spacial score (nSPS) is 17.3. The van der Waals surface area contributed by atoms with E-state index in [1.807, 2.05) is 24.3 Å². The van der Waals surface area contributed by atoms with Gasteiger partial charge in [-0.1, -0.05) is 31.1 Å². The fraction of sp³-hybridized carbons (Fsp3) is 0.222. The fourth-order valence-electron chi connectivity index (χ4n) is 3.05. The summed E-state index contributed by atoms with van der Waals surface area (Å²) in [5, 5.41) is 21.5. The Kier molecular flexibility index (Phi) is 3.22. The lowest BCUT2D eigenvalue weighted by atomic mass is 9.85. The van der Waals surface area contributed by atoms with Gasteiger partial charge in [0.1, 0.15) is 5.82 Å². The standard InChI is InChI=1S/C18H15FN2O/c1-18(2)9-17(21-22)15-4-3-12(8-16(15)18)13-5-11(10-20)6-14(19)7-13/h3-8,22H,9H2,1-2H3. The van der Waals surface area contributed by atoms with E-state index < -0.39 is 5.82 Å². The van der Waals surface area contributed by atoms with Gasteiger partial charge in [-0.3, -0.25) is 0 Å². The quantitative estimate of drug-likeness (QED) is 0.632. The Morgan fingerprint density at radius 2 is 1.95 bits per heavy atom. The van der Waals surface area contributed by atoms with Crippen molar-refractivity contribution >= 4 is 5.71 Å². The molecule has 0 saturated carbocycles. The minimum atomic E-state index is -0.425.